The van der Waals surface area contributed by atoms with E-state index in [0.717, 1.165) is 36.9 Å². The quantitative estimate of drug-likeness (QED) is 0.917. The zero-order chi connectivity index (χ0) is 12.9. The third kappa shape index (κ3) is 3.74. The Bertz CT molecular complexity index is 429. The maximum absolute atomic E-state index is 5.59. The van der Waals surface area contributed by atoms with Crippen molar-refractivity contribution >= 4 is 16.9 Å². The summed E-state index contributed by atoms with van der Waals surface area (Å²) in [5.41, 5.74) is 1.39. The van der Waals surface area contributed by atoms with Crippen LogP contribution in [0.15, 0.2) is 35.3 Å². The van der Waals surface area contributed by atoms with Crippen molar-refractivity contribution < 1.29 is 4.74 Å². The molecule has 0 aromatic heterocycles. The van der Waals surface area contributed by atoms with Crippen LogP contribution in [0.4, 0.5) is 0 Å². The molecule has 2 atom stereocenters. The first-order chi connectivity index (χ1) is 9.40. The molecule has 0 spiro atoms. The van der Waals surface area contributed by atoms with E-state index < -0.39 is 0 Å². The van der Waals surface area contributed by atoms with Gasteiger partial charge in [-0.1, -0.05) is 42.1 Å². The largest absolute Gasteiger partial charge is 0.376 e. The Hall–Kier alpha value is -1.00. The molecule has 1 aromatic carbocycles. The van der Waals surface area contributed by atoms with E-state index in [4.69, 9.17) is 4.74 Å². The van der Waals surface area contributed by atoms with Crippen molar-refractivity contribution in [3.8, 4) is 0 Å². The molecule has 2 unspecified atom stereocenters. The maximum atomic E-state index is 5.59. The van der Waals surface area contributed by atoms with Gasteiger partial charge in [-0.2, -0.15) is 0 Å². The van der Waals surface area contributed by atoms with Crippen LogP contribution in [0.3, 0.4) is 0 Å². The standard InChI is InChI=1S/C15H20N2OS/c1-2-5-12(6-3-1)9-13-11-19-15(17-13)16-10-14-7-4-8-18-14/h1-3,5-6,13-14H,4,7-11H2,(H,16,17). The summed E-state index contributed by atoms with van der Waals surface area (Å²) in [4.78, 5) is 4.64. The summed E-state index contributed by atoms with van der Waals surface area (Å²) in [6.07, 6.45) is 3.78. The Morgan fingerprint density at radius 1 is 1.32 bits per heavy atom. The average Bonchev–Trinajstić information content (AvgIpc) is 3.09. The Morgan fingerprint density at radius 3 is 3.00 bits per heavy atom. The average molecular weight is 276 g/mol. The zero-order valence-electron chi connectivity index (χ0n) is 11.0. The van der Waals surface area contributed by atoms with Gasteiger partial charge in [-0.25, -0.2) is 0 Å². The van der Waals surface area contributed by atoms with Gasteiger partial charge in [-0.15, -0.1) is 0 Å². The van der Waals surface area contributed by atoms with Gasteiger partial charge in [-0.05, 0) is 24.8 Å². The molecule has 3 rings (SSSR count). The lowest BCUT2D eigenvalue weighted by Gasteiger charge is -2.10. The van der Waals surface area contributed by atoms with Gasteiger partial charge in [0.25, 0.3) is 0 Å². The highest BCUT2D eigenvalue weighted by molar-refractivity contribution is 8.14. The van der Waals surface area contributed by atoms with Crippen molar-refractivity contribution in [2.45, 2.75) is 31.4 Å². The zero-order valence-corrected chi connectivity index (χ0v) is 11.9. The minimum atomic E-state index is 0.350. The Labute approximate surface area is 118 Å². The Morgan fingerprint density at radius 2 is 2.21 bits per heavy atom. The van der Waals surface area contributed by atoms with Gasteiger partial charge in [0.05, 0.1) is 12.6 Å². The van der Waals surface area contributed by atoms with Crippen LogP contribution in [0.5, 0.6) is 0 Å². The molecule has 1 N–H and O–H groups in total. The van der Waals surface area contributed by atoms with Gasteiger partial charge in [0.15, 0.2) is 5.17 Å². The fourth-order valence-corrected chi connectivity index (χ4v) is 3.49. The first-order valence-corrected chi connectivity index (χ1v) is 7.98. The van der Waals surface area contributed by atoms with E-state index in [2.05, 4.69) is 40.6 Å². The number of nitrogens with zero attached hydrogens (tertiary/aromatic N) is 1. The summed E-state index contributed by atoms with van der Waals surface area (Å²) in [7, 11) is 0. The molecule has 0 saturated carbocycles. The summed E-state index contributed by atoms with van der Waals surface area (Å²) >= 11 is 1.84. The number of hydrogen-bond acceptors (Lipinski definition) is 3. The number of hydrogen-bond donors (Lipinski definition) is 1. The second kappa shape index (κ2) is 6.44. The predicted molar refractivity (Wildman–Crippen MR) is 80.8 cm³/mol. The van der Waals surface area contributed by atoms with E-state index in [0.29, 0.717) is 12.1 Å². The summed E-state index contributed by atoms with van der Waals surface area (Å²) in [6, 6.07) is 11.2. The number of amidine groups is 1. The fraction of sp³-hybridized carbons (Fsp3) is 0.533. The molecule has 0 aliphatic carbocycles. The molecule has 102 valence electrons. The molecule has 0 bridgehead atoms. The fourth-order valence-electron chi connectivity index (χ4n) is 2.51. The molecule has 19 heavy (non-hydrogen) atoms. The number of rotatable bonds is 4. The highest BCUT2D eigenvalue weighted by Gasteiger charge is 2.21. The highest BCUT2D eigenvalue weighted by atomic mass is 32.2. The normalized spacial score (nSPS) is 28.7. The molecule has 3 nitrogen and oxygen atoms in total. The van der Waals surface area contributed by atoms with Gasteiger partial charge in [-0.3, -0.25) is 4.99 Å². The van der Waals surface area contributed by atoms with E-state index in [1.807, 2.05) is 11.8 Å². The number of nitrogens with one attached hydrogen (secondary N) is 1. The van der Waals surface area contributed by atoms with Gasteiger partial charge in [0.1, 0.15) is 0 Å². The molecule has 2 heterocycles. The summed E-state index contributed by atoms with van der Waals surface area (Å²) < 4.78 is 5.59. The van der Waals surface area contributed by atoms with Crippen molar-refractivity contribution in [3.63, 3.8) is 0 Å². The molecular formula is C15H20N2OS. The Balaban J connectivity index is 1.48. The monoisotopic (exact) mass is 276 g/mol. The molecule has 0 radical (unpaired) electrons. The Kier molecular flexibility index (Phi) is 4.41. The molecule has 1 aromatic rings. The molecule has 4 heteroatoms. The van der Waals surface area contributed by atoms with E-state index in [-0.39, 0.29) is 0 Å². The van der Waals surface area contributed by atoms with Crippen LogP contribution in [-0.4, -0.2) is 36.2 Å². The molecule has 2 saturated heterocycles. The molecule has 0 amide bonds. The van der Waals surface area contributed by atoms with E-state index in [1.165, 1.54) is 12.0 Å². The lowest BCUT2D eigenvalue weighted by Crippen LogP contribution is -2.29. The van der Waals surface area contributed by atoms with Gasteiger partial charge in [0, 0.05) is 18.4 Å². The van der Waals surface area contributed by atoms with Crippen LogP contribution in [-0.2, 0) is 11.2 Å². The molecular weight excluding hydrogens is 256 g/mol. The van der Waals surface area contributed by atoms with Crippen LogP contribution in [0.25, 0.3) is 0 Å². The maximum Gasteiger partial charge on any atom is 0.156 e. The van der Waals surface area contributed by atoms with Crippen molar-refractivity contribution in [2.24, 2.45) is 4.99 Å². The first kappa shape index (κ1) is 13.0. The van der Waals surface area contributed by atoms with E-state index >= 15 is 0 Å². The van der Waals surface area contributed by atoms with Gasteiger partial charge >= 0.3 is 0 Å². The number of ether oxygens (including phenoxy) is 1. The van der Waals surface area contributed by atoms with E-state index in [1.54, 1.807) is 0 Å². The SMILES string of the molecule is c1ccc(CC2CSC(=NCC3CCCO3)N2)cc1. The van der Waals surface area contributed by atoms with Crippen molar-refractivity contribution in [2.75, 3.05) is 18.9 Å². The second-order valence-electron chi connectivity index (χ2n) is 5.12. The topological polar surface area (TPSA) is 33.6 Å². The number of thioether (sulfide) groups is 1. The predicted octanol–water partition coefficient (Wildman–Crippen LogP) is 2.47. The summed E-state index contributed by atoms with van der Waals surface area (Å²) in [6.45, 7) is 1.72. The van der Waals surface area contributed by atoms with Crippen LogP contribution in [0, 0.1) is 0 Å². The lowest BCUT2D eigenvalue weighted by molar-refractivity contribution is 0.118. The van der Waals surface area contributed by atoms with Gasteiger partial charge in [0.2, 0.25) is 0 Å². The van der Waals surface area contributed by atoms with Crippen molar-refractivity contribution in [1.29, 1.82) is 0 Å². The molecule has 2 aliphatic rings. The van der Waals surface area contributed by atoms with E-state index in [9.17, 15) is 0 Å². The minimum Gasteiger partial charge on any atom is -0.376 e. The summed E-state index contributed by atoms with van der Waals surface area (Å²) in [5, 5.41) is 4.61. The van der Waals surface area contributed by atoms with Crippen LogP contribution < -0.4 is 5.32 Å². The first-order valence-electron chi connectivity index (χ1n) is 6.99. The highest BCUT2D eigenvalue weighted by Crippen LogP contribution is 2.18. The molecule has 2 fully saturated rings. The number of benzene rings is 1. The van der Waals surface area contributed by atoms with Crippen LogP contribution >= 0.6 is 11.8 Å². The third-order valence-electron chi connectivity index (χ3n) is 3.54. The van der Waals surface area contributed by atoms with Crippen molar-refractivity contribution in [3.05, 3.63) is 35.9 Å². The summed E-state index contributed by atoms with van der Waals surface area (Å²) in [5.74, 6) is 1.11. The number of aliphatic imine (C=N–C) groups is 1. The van der Waals surface area contributed by atoms with Crippen LogP contribution in [0.2, 0.25) is 0 Å². The lowest BCUT2D eigenvalue weighted by atomic mass is 10.1. The van der Waals surface area contributed by atoms with Crippen molar-refractivity contribution in [1.82, 2.24) is 5.32 Å². The minimum absolute atomic E-state index is 0.350. The smallest absolute Gasteiger partial charge is 0.156 e. The second-order valence-corrected chi connectivity index (χ2v) is 6.13. The molecule has 2 aliphatic heterocycles. The van der Waals surface area contributed by atoms with Crippen LogP contribution in [0.1, 0.15) is 18.4 Å². The third-order valence-corrected chi connectivity index (χ3v) is 4.63. The van der Waals surface area contributed by atoms with Gasteiger partial charge < -0.3 is 10.1 Å².